The number of amides is 1. The molecular weight excluding hydrogens is 463 g/mol. The number of halogens is 2. The second kappa shape index (κ2) is 9.47. The zero-order valence-electron chi connectivity index (χ0n) is 19.2. The first-order valence-electron chi connectivity index (χ1n) is 11.5. The van der Waals surface area contributed by atoms with Crippen LogP contribution in [0.15, 0.2) is 72.9 Å². The summed E-state index contributed by atoms with van der Waals surface area (Å²) < 4.78 is 13.5. The number of carbonyl (C=O) groups excluding carboxylic acids is 1. The minimum absolute atomic E-state index is 0.261. The first-order valence-corrected chi connectivity index (χ1v) is 11.9. The Labute approximate surface area is 208 Å². The number of hydrogen-bond donors (Lipinski definition) is 1. The van der Waals surface area contributed by atoms with Gasteiger partial charge in [0.1, 0.15) is 11.6 Å². The lowest BCUT2D eigenvalue weighted by atomic mass is 10.0. The highest BCUT2D eigenvalue weighted by molar-refractivity contribution is 6.33. The van der Waals surface area contributed by atoms with Gasteiger partial charge in [-0.3, -0.25) is 9.78 Å². The average Bonchev–Trinajstić information content (AvgIpc) is 3.30. The Hall–Kier alpha value is -3.77. The molecule has 176 valence electrons. The zero-order valence-corrected chi connectivity index (χ0v) is 20.0. The average molecular weight is 487 g/mol. The van der Waals surface area contributed by atoms with Gasteiger partial charge in [-0.2, -0.15) is 0 Å². The van der Waals surface area contributed by atoms with Crippen molar-refractivity contribution in [3.63, 3.8) is 0 Å². The third-order valence-corrected chi connectivity index (χ3v) is 6.70. The van der Waals surface area contributed by atoms with E-state index in [1.807, 2.05) is 30.3 Å². The highest BCUT2D eigenvalue weighted by Gasteiger charge is 2.23. The number of pyridine rings is 2. The fraction of sp³-hybridized carbons (Fsp3) is 0.179. The molecule has 35 heavy (non-hydrogen) atoms. The summed E-state index contributed by atoms with van der Waals surface area (Å²) in [6.45, 7) is 3.18. The summed E-state index contributed by atoms with van der Waals surface area (Å²) in [5.74, 6) is 0.0855. The first kappa shape index (κ1) is 23.0. The summed E-state index contributed by atoms with van der Waals surface area (Å²) in [5, 5.41) is 0.357. The third-order valence-electron chi connectivity index (χ3n) is 6.42. The van der Waals surface area contributed by atoms with Crippen molar-refractivity contribution in [1.29, 1.82) is 0 Å². The van der Waals surface area contributed by atoms with Gasteiger partial charge >= 0.3 is 0 Å². The maximum Gasteiger partial charge on any atom is 0.250 e. The van der Waals surface area contributed by atoms with Gasteiger partial charge in [0, 0.05) is 29.9 Å². The van der Waals surface area contributed by atoms with Crippen LogP contribution in [-0.4, -0.2) is 28.5 Å². The molecular formula is C28H24ClFN4O. The van der Waals surface area contributed by atoms with E-state index in [-0.39, 0.29) is 11.4 Å². The molecule has 0 aliphatic carbocycles. The summed E-state index contributed by atoms with van der Waals surface area (Å²) >= 11 is 6.36. The largest absolute Gasteiger partial charge is 0.366 e. The molecule has 1 amide bonds. The SMILES string of the molecule is CC1CCCN1c1cc(-c2ccc(F)cc2)cc(-c2ccc(-c3ncc(C(N)=O)cc3Cl)cc2)n1. The topological polar surface area (TPSA) is 72.1 Å². The Morgan fingerprint density at radius 2 is 1.69 bits per heavy atom. The van der Waals surface area contributed by atoms with E-state index in [9.17, 15) is 9.18 Å². The molecule has 0 radical (unpaired) electrons. The number of primary amides is 1. The molecule has 1 aliphatic heterocycles. The molecule has 7 heteroatoms. The van der Waals surface area contributed by atoms with Crippen LogP contribution < -0.4 is 10.6 Å². The number of nitrogens with zero attached hydrogens (tertiary/aromatic N) is 3. The van der Waals surface area contributed by atoms with Crippen LogP contribution in [0, 0.1) is 5.82 Å². The normalized spacial score (nSPS) is 15.4. The van der Waals surface area contributed by atoms with Crippen LogP contribution in [0.1, 0.15) is 30.1 Å². The summed E-state index contributed by atoms with van der Waals surface area (Å²) in [4.78, 5) is 23.0. The van der Waals surface area contributed by atoms with Crippen LogP contribution in [0.4, 0.5) is 10.2 Å². The molecule has 3 heterocycles. The van der Waals surface area contributed by atoms with Crippen molar-refractivity contribution < 1.29 is 9.18 Å². The Morgan fingerprint density at radius 1 is 1.00 bits per heavy atom. The Bertz CT molecular complexity index is 1390. The molecule has 0 saturated carbocycles. The van der Waals surface area contributed by atoms with Gasteiger partial charge in [-0.05, 0) is 61.2 Å². The predicted molar refractivity (Wildman–Crippen MR) is 138 cm³/mol. The van der Waals surface area contributed by atoms with Crippen molar-refractivity contribution in [2.75, 3.05) is 11.4 Å². The molecule has 4 aromatic rings. The van der Waals surface area contributed by atoms with E-state index < -0.39 is 5.91 Å². The summed E-state index contributed by atoms with van der Waals surface area (Å²) in [6, 6.07) is 20.4. The maximum absolute atomic E-state index is 13.5. The minimum atomic E-state index is -0.573. The van der Waals surface area contributed by atoms with Crippen LogP contribution in [-0.2, 0) is 0 Å². The van der Waals surface area contributed by atoms with Gasteiger partial charge in [-0.1, -0.05) is 48.0 Å². The lowest BCUT2D eigenvalue weighted by Gasteiger charge is -2.24. The van der Waals surface area contributed by atoms with Crippen molar-refractivity contribution in [2.24, 2.45) is 5.73 Å². The van der Waals surface area contributed by atoms with Crippen LogP contribution in [0.5, 0.6) is 0 Å². The van der Waals surface area contributed by atoms with Crippen molar-refractivity contribution in [2.45, 2.75) is 25.8 Å². The van der Waals surface area contributed by atoms with E-state index in [1.54, 1.807) is 12.1 Å². The third kappa shape index (κ3) is 4.75. The summed E-state index contributed by atoms with van der Waals surface area (Å²) in [5.41, 5.74) is 10.7. The van der Waals surface area contributed by atoms with Gasteiger partial charge in [-0.15, -0.1) is 0 Å². The zero-order chi connectivity index (χ0) is 24.5. The molecule has 2 aromatic heterocycles. The highest BCUT2D eigenvalue weighted by atomic mass is 35.5. The molecule has 0 spiro atoms. The molecule has 1 unspecified atom stereocenters. The monoisotopic (exact) mass is 486 g/mol. The highest BCUT2D eigenvalue weighted by Crippen LogP contribution is 2.34. The maximum atomic E-state index is 13.5. The lowest BCUT2D eigenvalue weighted by Crippen LogP contribution is -2.27. The van der Waals surface area contributed by atoms with Crippen LogP contribution in [0.25, 0.3) is 33.6 Å². The molecule has 2 aromatic carbocycles. The van der Waals surface area contributed by atoms with Gasteiger partial charge in [0.25, 0.3) is 0 Å². The molecule has 1 fully saturated rings. The smallest absolute Gasteiger partial charge is 0.250 e. The van der Waals surface area contributed by atoms with Crippen molar-refractivity contribution in [3.05, 3.63) is 89.3 Å². The van der Waals surface area contributed by atoms with E-state index in [0.717, 1.165) is 53.2 Å². The first-order chi connectivity index (χ1) is 16.9. The van der Waals surface area contributed by atoms with Crippen molar-refractivity contribution in [3.8, 4) is 33.6 Å². The molecule has 0 bridgehead atoms. The Morgan fingerprint density at radius 3 is 2.31 bits per heavy atom. The molecule has 1 atom stereocenters. The van der Waals surface area contributed by atoms with E-state index >= 15 is 0 Å². The van der Waals surface area contributed by atoms with Gasteiger partial charge in [0.05, 0.1) is 22.0 Å². The number of hydrogen-bond acceptors (Lipinski definition) is 4. The number of rotatable bonds is 5. The van der Waals surface area contributed by atoms with Gasteiger partial charge in [-0.25, -0.2) is 9.37 Å². The van der Waals surface area contributed by atoms with Crippen molar-refractivity contribution >= 4 is 23.3 Å². The molecule has 5 nitrogen and oxygen atoms in total. The van der Waals surface area contributed by atoms with Crippen LogP contribution in [0.2, 0.25) is 5.02 Å². The van der Waals surface area contributed by atoms with E-state index in [4.69, 9.17) is 22.3 Å². The van der Waals surface area contributed by atoms with Gasteiger partial charge in [0.2, 0.25) is 5.91 Å². The minimum Gasteiger partial charge on any atom is -0.366 e. The standard InChI is InChI=1S/C28H24ClFN4O/c1-17-3-2-12-34(17)26-15-21(18-8-10-23(30)11-9-18)14-25(33-26)19-4-6-20(7-5-19)27-24(29)13-22(16-32-27)28(31)35/h4-11,13-17H,2-3,12H2,1H3,(H2,31,35). The van der Waals surface area contributed by atoms with E-state index in [2.05, 4.69) is 22.9 Å². The summed E-state index contributed by atoms with van der Waals surface area (Å²) in [6.07, 6.45) is 3.69. The van der Waals surface area contributed by atoms with E-state index in [1.165, 1.54) is 24.4 Å². The fourth-order valence-corrected chi connectivity index (χ4v) is 4.75. The second-order valence-electron chi connectivity index (χ2n) is 8.79. The Kier molecular flexibility index (Phi) is 6.22. The summed E-state index contributed by atoms with van der Waals surface area (Å²) in [7, 11) is 0. The molecule has 1 saturated heterocycles. The lowest BCUT2D eigenvalue weighted by molar-refractivity contribution is 0.1000. The van der Waals surface area contributed by atoms with Crippen LogP contribution in [0.3, 0.4) is 0 Å². The molecule has 1 aliphatic rings. The number of benzene rings is 2. The number of anilines is 1. The van der Waals surface area contributed by atoms with Gasteiger partial charge in [0.15, 0.2) is 0 Å². The van der Waals surface area contributed by atoms with E-state index in [0.29, 0.717) is 16.8 Å². The van der Waals surface area contributed by atoms with Crippen LogP contribution >= 0.6 is 11.6 Å². The quantitative estimate of drug-likeness (QED) is 0.356. The fourth-order valence-electron chi connectivity index (χ4n) is 4.48. The number of nitrogens with two attached hydrogens (primary N) is 1. The number of carbonyl (C=O) groups is 1. The van der Waals surface area contributed by atoms with Crippen molar-refractivity contribution in [1.82, 2.24) is 9.97 Å². The van der Waals surface area contributed by atoms with Gasteiger partial charge < -0.3 is 10.6 Å². The molecule has 2 N–H and O–H groups in total. The second-order valence-corrected chi connectivity index (χ2v) is 9.19. The Balaban J connectivity index is 1.54. The predicted octanol–water partition coefficient (Wildman–Crippen LogP) is 6.36. The number of aromatic nitrogens is 2. The molecule has 5 rings (SSSR count).